The van der Waals surface area contributed by atoms with E-state index in [0.717, 1.165) is 11.9 Å². The molecule has 0 N–H and O–H groups in total. The van der Waals surface area contributed by atoms with Crippen LogP contribution in [0.25, 0.3) is 0 Å². The van der Waals surface area contributed by atoms with Crippen molar-refractivity contribution in [3.8, 4) is 6.07 Å². The molecule has 4 heteroatoms. The third-order valence-corrected chi connectivity index (χ3v) is 4.48. The Bertz CT molecular complexity index is 683. The average molecular weight is 319 g/mol. The molecule has 0 unspecified atom stereocenters. The third-order valence-electron chi connectivity index (χ3n) is 4.48. The van der Waals surface area contributed by atoms with Crippen LogP contribution in [0.15, 0.2) is 48.5 Å². The molecular formula is C20H22BNO2. The maximum absolute atomic E-state index is 8.85. The van der Waals surface area contributed by atoms with Crippen molar-refractivity contribution in [1.82, 2.24) is 0 Å². The lowest BCUT2D eigenvalue weighted by molar-refractivity contribution is 0.121. The average Bonchev–Trinajstić information content (AvgIpc) is 2.67. The summed E-state index contributed by atoms with van der Waals surface area (Å²) >= 11 is 0. The summed E-state index contributed by atoms with van der Waals surface area (Å²) in [6, 6.07) is 18.3. The second kappa shape index (κ2) is 8.14. The van der Waals surface area contributed by atoms with Gasteiger partial charge in [0.15, 0.2) is 0 Å². The highest BCUT2D eigenvalue weighted by molar-refractivity contribution is 6.61. The van der Waals surface area contributed by atoms with Gasteiger partial charge in [-0.2, -0.15) is 5.26 Å². The summed E-state index contributed by atoms with van der Waals surface area (Å²) in [5.41, 5.74) is 4.28. The fourth-order valence-corrected chi connectivity index (χ4v) is 2.94. The van der Waals surface area contributed by atoms with Crippen molar-refractivity contribution >= 4 is 12.6 Å². The van der Waals surface area contributed by atoms with Gasteiger partial charge in [0.05, 0.1) is 11.6 Å². The predicted molar refractivity (Wildman–Crippen MR) is 96.2 cm³/mol. The molecule has 0 atom stereocenters. The lowest BCUT2D eigenvalue weighted by Gasteiger charge is -2.28. The summed E-state index contributed by atoms with van der Waals surface area (Å²) in [5.74, 6) is 0.278. The largest absolute Gasteiger partial charge is 0.493 e. The predicted octanol–water partition coefficient (Wildman–Crippen LogP) is 3.43. The maximum Gasteiger partial charge on any atom is 0.493 e. The van der Waals surface area contributed by atoms with E-state index in [0.29, 0.717) is 18.8 Å². The summed E-state index contributed by atoms with van der Waals surface area (Å²) in [7, 11) is -0.335. The van der Waals surface area contributed by atoms with Crippen LogP contribution in [0.1, 0.15) is 42.4 Å². The van der Waals surface area contributed by atoms with Gasteiger partial charge < -0.3 is 9.31 Å². The van der Waals surface area contributed by atoms with Crippen molar-refractivity contribution in [2.24, 2.45) is 0 Å². The van der Waals surface area contributed by atoms with Crippen LogP contribution in [0.2, 0.25) is 0 Å². The zero-order valence-corrected chi connectivity index (χ0v) is 14.1. The molecule has 1 aliphatic heterocycles. The van der Waals surface area contributed by atoms with E-state index in [2.05, 4.69) is 37.3 Å². The van der Waals surface area contributed by atoms with E-state index < -0.39 is 0 Å². The van der Waals surface area contributed by atoms with Gasteiger partial charge in [-0.3, -0.25) is 0 Å². The van der Waals surface area contributed by atoms with Gasteiger partial charge in [0.25, 0.3) is 0 Å². The number of benzene rings is 2. The zero-order chi connectivity index (χ0) is 16.8. The van der Waals surface area contributed by atoms with Gasteiger partial charge in [0.1, 0.15) is 0 Å². The molecule has 3 nitrogen and oxygen atoms in total. The lowest BCUT2D eigenvalue weighted by atomic mass is 9.77. The van der Waals surface area contributed by atoms with Gasteiger partial charge >= 0.3 is 7.12 Å². The minimum Gasteiger partial charge on any atom is -0.407 e. The van der Waals surface area contributed by atoms with Crippen LogP contribution in [0.4, 0.5) is 0 Å². The molecule has 24 heavy (non-hydrogen) atoms. The number of hydrogen-bond acceptors (Lipinski definition) is 3. The molecule has 2 aromatic carbocycles. The smallest absolute Gasteiger partial charge is 0.407 e. The highest BCUT2D eigenvalue weighted by Crippen LogP contribution is 2.22. The Hall–Kier alpha value is -2.09. The second-order valence-corrected chi connectivity index (χ2v) is 6.27. The summed E-state index contributed by atoms with van der Waals surface area (Å²) < 4.78 is 11.8. The molecule has 2 aromatic rings. The third kappa shape index (κ3) is 4.06. The fourth-order valence-electron chi connectivity index (χ4n) is 2.94. The molecule has 1 fully saturated rings. The first kappa shape index (κ1) is 16.8. The Kier molecular flexibility index (Phi) is 5.69. The number of nitriles is 1. The van der Waals surface area contributed by atoms with Crippen LogP contribution in [0.5, 0.6) is 0 Å². The molecule has 0 aliphatic carbocycles. The quantitative estimate of drug-likeness (QED) is 0.793. The molecule has 0 saturated carbocycles. The summed E-state index contributed by atoms with van der Waals surface area (Å²) in [6.45, 7) is 3.52. The van der Waals surface area contributed by atoms with Crippen molar-refractivity contribution in [3.05, 3.63) is 65.2 Å². The number of rotatable bonds is 5. The Morgan fingerprint density at radius 3 is 2.29 bits per heavy atom. The van der Waals surface area contributed by atoms with Crippen LogP contribution < -0.4 is 5.46 Å². The summed E-state index contributed by atoms with van der Waals surface area (Å²) in [6.07, 6.45) is 3.61. The molecule has 0 aromatic heterocycles. The van der Waals surface area contributed by atoms with E-state index in [9.17, 15) is 0 Å². The van der Waals surface area contributed by atoms with E-state index >= 15 is 0 Å². The normalized spacial score (nSPS) is 15.2. The number of hydrogen-bond donors (Lipinski definition) is 0. The highest BCUT2D eigenvalue weighted by atomic mass is 16.6. The zero-order valence-electron chi connectivity index (χ0n) is 14.1. The number of nitrogens with zero attached hydrogens (tertiary/aromatic N) is 1. The van der Waals surface area contributed by atoms with Gasteiger partial charge in [-0.15, -0.1) is 0 Å². The molecule has 0 amide bonds. The summed E-state index contributed by atoms with van der Waals surface area (Å²) in [4.78, 5) is 0. The van der Waals surface area contributed by atoms with Crippen molar-refractivity contribution in [2.45, 2.75) is 32.1 Å². The van der Waals surface area contributed by atoms with Gasteiger partial charge in [-0.25, -0.2) is 0 Å². The van der Waals surface area contributed by atoms with Crippen molar-refractivity contribution < 1.29 is 9.31 Å². The van der Waals surface area contributed by atoms with Gasteiger partial charge in [-0.05, 0) is 41.6 Å². The molecular weight excluding hydrogens is 297 g/mol. The number of unbranched alkanes of at least 4 members (excludes halogenated alkanes) is 1. The van der Waals surface area contributed by atoms with Crippen LogP contribution in [0.3, 0.4) is 0 Å². The first-order valence-electron chi connectivity index (χ1n) is 8.62. The minimum absolute atomic E-state index is 0.278. The van der Waals surface area contributed by atoms with Crippen LogP contribution in [-0.2, 0) is 15.7 Å². The molecule has 3 rings (SSSR count). The van der Waals surface area contributed by atoms with E-state index in [-0.39, 0.29) is 13.0 Å². The van der Waals surface area contributed by atoms with Crippen molar-refractivity contribution in [2.75, 3.05) is 13.2 Å². The van der Waals surface area contributed by atoms with Gasteiger partial charge in [0, 0.05) is 19.1 Å². The Balaban J connectivity index is 1.57. The van der Waals surface area contributed by atoms with E-state index in [1.165, 1.54) is 24.0 Å². The highest BCUT2D eigenvalue weighted by Gasteiger charge is 2.29. The van der Waals surface area contributed by atoms with Crippen LogP contribution >= 0.6 is 0 Å². The van der Waals surface area contributed by atoms with E-state index in [1.807, 2.05) is 12.1 Å². The Morgan fingerprint density at radius 2 is 1.71 bits per heavy atom. The second-order valence-electron chi connectivity index (χ2n) is 6.27. The summed E-state index contributed by atoms with van der Waals surface area (Å²) in [5, 5.41) is 8.85. The van der Waals surface area contributed by atoms with Crippen molar-refractivity contribution in [1.29, 1.82) is 5.26 Å². The molecule has 1 aliphatic rings. The molecule has 0 bridgehead atoms. The minimum atomic E-state index is -0.335. The molecule has 0 radical (unpaired) electrons. The van der Waals surface area contributed by atoms with E-state index in [4.69, 9.17) is 14.6 Å². The van der Waals surface area contributed by atoms with Gasteiger partial charge in [0.2, 0.25) is 0 Å². The first-order chi connectivity index (χ1) is 11.8. The topological polar surface area (TPSA) is 42.2 Å². The fraction of sp³-hybridized carbons (Fsp3) is 0.350. The Morgan fingerprint density at radius 1 is 1.04 bits per heavy atom. The van der Waals surface area contributed by atoms with Gasteiger partial charge in [-0.1, -0.05) is 49.7 Å². The molecule has 1 heterocycles. The lowest BCUT2D eigenvalue weighted by Crippen LogP contribution is -2.43. The SMILES string of the molecule is CCCCc1ccc(C2COB(c3ccc(C#N)cc3)OC2)cc1. The standard InChI is InChI=1S/C20H22BNO2/c1-2-3-4-16-5-9-18(10-6-16)19-14-23-21(24-15-19)20-11-7-17(13-22)8-12-20/h5-12,19H,2-4,14-15H2,1H3. The van der Waals surface area contributed by atoms with Crippen LogP contribution in [0, 0.1) is 11.3 Å². The molecule has 122 valence electrons. The molecule has 0 spiro atoms. The Labute approximate surface area is 144 Å². The van der Waals surface area contributed by atoms with Crippen molar-refractivity contribution in [3.63, 3.8) is 0 Å². The number of aryl methyl sites for hydroxylation is 1. The first-order valence-corrected chi connectivity index (χ1v) is 8.62. The van der Waals surface area contributed by atoms with Crippen LogP contribution in [-0.4, -0.2) is 20.3 Å². The monoisotopic (exact) mass is 319 g/mol. The molecule has 1 saturated heterocycles. The van der Waals surface area contributed by atoms with E-state index in [1.54, 1.807) is 12.1 Å². The maximum atomic E-state index is 8.85.